The van der Waals surface area contributed by atoms with E-state index in [4.69, 9.17) is 0 Å². The number of hydrogen-bond donors (Lipinski definition) is 1. The molecule has 3 heteroatoms. The van der Waals surface area contributed by atoms with Gasteiger partial charge in [-0.25, -0.2) is 0 Å². The molecular weight excluding hydrogens is 224 g/mol. The highest BCUT2D eigenvalue weighted by Crippen LogP contribution is 2.28. The predicted molar refractivity (Wildman–Crippen MR) is 72.5 cm³/mol. The molecule has 1 heterocycles. The van der Waals surface area contributed by atoms with Crippen molar-refractivity contribution in [3.63, 3.8) is 0 Å². The van der Waals surface area contributed by atoms with Crippen molar-refractivity contribution in [2.45, 2.75) is 13.1 Å². The molecule has 1 N–H and O–H groups in total. The summed E-state index contributed by atoms with van der Waals surface area (Å²) >= 11 is 0. The molecule has 0 fully saturated rings. The molecule has 1 aliphatic rings. The van der Waals surface area contributed by atoms with Crippen molar-refractivity contribution in [1.29, 1.82) is 0 Å². The Morgan fingerprint density at radius 2 is 1.56 bits per heavy atom. The van der Waals surface area contributed by atoms with E-state index < -0.39 is 0 Å². The van der Waals surface area contributed by atoms with Crippen LogP contribution in [0.1, 0.15) is 11.1 Å². The van der Waals surface area contributed by atoms with Gasteiger partial charge in [0.2, 0.25) is 6.41 Å². The average molecular weight is 238 g/mol. The van der Waals surface area contributed by atoms with Gasteiger partial charge >= 0.3 is 0 Å². The molecule has 0 aromatic heterocycles. The fourth-order valence-corrected chi connectivity index (χ4v) is 2.35. The highest BCUT2D eigenvalue weighted by atomic mass is 16.1. The minimum absolute atomic E-state index is 0.695. The van der Waals surface area contributed by atoms with Crippen LogP contribution in [0.15, 0.2) is 48.5 Å². The number of anilines is 2. The molecule has 2 aromatic rings. The zero-order valence-corrected chi connectivity index (χ0v) is 9.97. The molecule has 90 valence electrons. The number of nitrogens with zero attached hydrogens (tertiary/aromatic N) is 1. The number of benzene rings is 2. The number of nitrogens with one attached hydrogen (secondary N) is 1. The van der Waals surface area contributed by atoms with Crippen molar-refractivity contribution in [2.75, 3.05) is 10.2 Å². The quantitative estimate of drug-likeness (QED) is 0.834. The van der Waals surface area contributed by atoms with Gasteiger partial charge in [-0.3, -0.25) is 4.79 Å². The van der Waals surface area contributed by atoms with Crippen molar-refractivity contribution in [3.8, 4) is 0 Å². The Labute approximate surface area is 106 Å². The monoisotopic (exact) mass is 238 g/mol. The highest BCUT2D eigenvalue weighted by molar-refractivity contribution is 5.72. The van der Waals surface area contributed by atoms with Crippen LogP contribution in [0.25, 0.3) is 0 Å². The highest BCUT2D eigenvalue weighted by Gasteiger charge is 2.18. The maximum Gasteiger partial charge on any atom is 0.211 e. The summed E-state index contributed by atoms with van der Waals surface area (Å²) in [4.78, 5) is 12.7. The fourth-order valence-electron chi connectivity index (χ4n) is 2.35. The zero-order valence-electron chi connectivity index (χ0n) is 9.97. The molecule has 0 spiro atoms. The van der Waals surface area contributed by atoms with Gasteiger partial charge in [0, 0.05) is 24.5 Å². The van der Waals surface area contributed by atoms with E-state index in [-0.39, 0.29) is 0 Å². The summed E-state index contributed by atoms with van der Waals surface area (Å²) < 4.78 is 0. The third-order valence-corrected chi connectivity index (χ3v) is 3.30. The van der Waals surface area contributed by atoms with Gasteiger partial charge in [-0.05, 0) is 35.4 Å². The van der Waals surface area contributed by atoms with Crippen molar-refractivity contribution >= 4 is 17.8 Å². The van der Waals surface area contributed by atoms with E-state index in [1.54, 1.807) is 0 Å². The number of carbonyl (C=O) groups is 1. The Bertz CT molecular complexity index is 538. The fraction of sp³-hybridized carbons (Fsp3) is 0.133. The van der Waals surface area contributed by atoms with Crippen LogP contribution in [0.4, 0.5) is 11.4 Å². The number of carbonyl (C=O) groups excluding carboxylic acids is 1. The van der Waals surface area contributed by atoms with Gasteiger partial charge in [-0.15, -0.1) is 0 Å². The van der Waals surface area contributed by atoms with Crippen LogP contribution >= 0.6 is 0 Å². The Kier molecular flexibility index (Phi) is 2.73. The second-order valence-corrected chi connectivity index (χ2v) is 4.43. The molecule has 0 saturated heterocycles. The van der Waals surface area contributed by atoms with E-state index in [1.807, 2.05) is 24.3 Å². The van der Waals surface area contributed by atoms with Crippen LogP contribution < -0.4 is 10.2 Å². The van der Waals surface area contributed by atoms with Gasteiger partial charge in [-0.2, -0.15) is 0 Å². The first-order chi connectivity index (χ1) is 8.86. The molecule has 0 radical (unpaired) electrons. The van der Waals surface area contributed by atoms with Gasteiger partial charge in [0.15, 0.2) is 0 Å². The predicted octanol–water partition coefficient (Wildman–Crippen LogP) is 2.78. The maximum atomic E-state index is 10.3. The number of amides is 1. The van der Waals surface area contributed by atoms with Crippen LogP contribution in [-0.2, 0) is 17.9 Å². The maximum absolute atomic E-state index is 10.3. The minimum atomic E-state index is 0.695. The minimum Gasteiger partial charge on any atom is -0.363 e. The molecule has 0 aliphatic carbocycles. The Morgan fingerprint density at radius 1 is 0.944 bits per heavy atom. The van der Waals surface area contributed by atoms with E-state index in [0.29, 0.717) is 6.41 Å². The molecular formula is C15H14N2O. The van der Waals surface area contributed by atoms with Crippen molar-refractivity contribution in [1.82, 2.24) is 0 Å². The smallest absolute Gasteiger partial charge is 0.211 e. The van der Waals surface area contributed by atoms with Crippen molar-refractivity contribution < 1.29 is 4.79 Å². The van der Waals surface area contributed by atoms with Crippen LogP contribution in [-0.4, -0.2) is 6.41 Å². The van der Waals surface area contributed by atoms with Gasteiger partial charge in [0.1, 0.15) is 0 Å². The van der Waals surface area contributed by atoms with Crippen molar-refractivity contribution in [2.24, 2.45) is 0 Å². The largest absolute Gasteiger partial charge is 0.363 e. The molecule has 2 aromatic carbocycles. The molecule has 0 unspecified atom stereocenters. The molecule has 0 bridgehead atoms. The van der Waals surface area contributed by atoms with Crippen LogP contribution in [0, 0.1) is 0 Å². The van der Waals surface area contributed by atoms with Gasteiger partial charge < -0.3 is 10.2 Å². The van der Waals surface area contributed by atoms with Crippen LogP contribution in [0.2, 0.25) is 0 Å². The summed E-state index contributed by atoms with van der Waals surface area (Å²) in [6.45, 7) is 1.91. The number of hydrogen-bond acceptors (Lipinski definition) is 2. The van der Waals surface area contributed by atoms with E-state index >= 15 is 0 Å². The van der Waals surface area contributed by atoms with Gasteiger partial charge in [-0.1, -0.05) is 24.3 Å². The van der Waals surface area contributed by atoms with Gasteiger partial charge in [0.25, 0.3) is 0 Å². The first kappa shape index (κ1) is 10.8. The Morgan fingerprint density at radius 3 is 2.11 bits per heavy atom. The third kappa shape index (κ3) is 1.95. The molecule has 1 amide bonds. The number of fused-ring (bicyclic) bond motifs is 1. The summed E-state index contributed by atoms with van der Waals surface area (Å²) in [5.74, 6) is 0. The second-order valence-electron chi connectivity index (χ2n) is 4.43. The van der Waals surface area contributed by atoms with Crippen LogP contribution in [0.5, 0.6) is 0 Å². The lowest BCUT2D eigenvalue weighted by atomic mass is 10.1. The molecule has 3 nitrogen and oxygen atoms in total. The third-order valence-electron chi connectivity index (χ3n) is 3.30. The lowest BCUT2D eigenvalue weighted by molar-refractivity contribution is -0.105. The van der Waals surface area contributed by atoms with E-state index in [9.17, 15) is 4.79 Å². The average Bonchev–Trinajstić information content (AvgIpc) is 2.84. The first-order valence-corrected chi connectivity index (χ1v) is 5.99. The molecule has 0 saturated carbocycles. The van der Waals surface area contributed by atoms with E-state index in [1.165, 1.54) is 16.8 Å². The SMILES string of the molecule is O=CNc1ccc(N2Cc3ccccc3C2)cc1. The first-order valence-electron chi connectivity index (χ1n) is 5.99. The van der Waals surface area contributed by atoms with Crippen molar-refractivity contribution in [3.05, 3.63) is 59.7 Å². The summed E-state index contributed by atoms with van der Waals surface area (Å²) in [5, 5.41) is 2.64. The topological polar surface area (TPSA) is 32.3 Å². The summed E-state index contributed by atoms with van der Waals surface area (Å²) in [6.07, 6.45) is 0.695. The zero-order chi connectivity index (χ0) is 12.4. The lowest BCUT2D eigenvalue weighted by Crippen LogP contribution is -2.14. The van der Waals surface area contributed by atoms with Crippen LogP contribution in [0.3, 0.4) is 0 Å². The standard InChI is InChI=1S/C15H14N2O/c18-11-16-14-5-7-15(8-6-14)17-9-12-3-1-2-4-13(12)10-17/h1-8,11H,9-10H2,(H,16,18). The molecule has 3 rings (SSSR count). The summed E-state index contributed by atoms with van der Waals surface area (Å²) in [5.41, 5.74) is 4.80. The number of rotatable bonds is 3. The normalized spacial score (nSPS) is 13.2. The summed E-state index contributed by atoms with van der Waals surface area (Å²) in [7, 11) is 0. The van der Waals surface area contributed by atoms with E-state index in [0.717, 1.165) is 18.8 Å². The summed E-state index contributed by atoms with van der Waals surface area (Å²) in [6, 6.07) is 16.4. The second kappa shape index (κ2) is 4.53. The molecule has 0 atom stereocenters. The molecule has 18 heavy (non-hydrogen) atoms. The van der Waals surface area contributed by atoms with E-state index in [2.05, 4.69) is 34.5 Å². The lowest BCUT2D eigenvalue weighted by Gasteiger charge is -2.17. The Hall–Kier alpha value is -2.29. The van der Waals surface area contributed by atoms with Gasteiger partial charge in [0.05, 0.1) is 0 Å². The molecule has 1 aliphatic heterocycles. The Balaban J connectivity index is 1.79.